The van der Waals surface area contributed by atoms with Crippen LogP contribution in [-0.2, 0) is 13.1 Å². The van der Waals surface area contributed by atoms with Crippen molar-refractivity contribution in [2.24, 2.45) is 0 Å². The predicted molar refractivity (Wildman–Crippen MR) is 115 cm³/mol. The van der Waals surface area contributed by atoms with Crippen molar-refractivity contribution in [2.45, 2.75) is 19.5 Å². The maximum Gasteiger partial charge on any atom is 0.142 e. The van der Waals surface area contributed by atoms with Crippen LogP contribution in [0.15, 0.2) is 53.8 Å². The number of hydrogen-bond acceptors (Lipinski definition) is 3. The molecule has 0 aliphatic carbocycles. The fourth-order valence-corrected chi connectivity index (χ4v) is 3.88. The van der Waals surface area contributed by atoms with Gasteiger partial charge in [0.1, 0.15) is 10.4 Å². The summed E-state index contributed by atoms with van der Waals surface area (Å²) in [7, 11) is 0. The van der Waals surface area contributed by atoms with Gasteiger partial charge in [-0.15, -0.1) is 0 Å². The van der Waals surface area contributed by atoms with E-state index in [9.17, 15) is 4.39 Å². The molecular weight excluding hydrogens is 524 g/mol. The number of nitrogens with zero attached hydrogens (tertiary/aromatic N) is 5. The number of imidazole rings is 2. The van der Waals surface area contributed by atoms with Crippen LogP contribution < -0.4 is 0 Å². The molecule has 0 bridgehead atoms. The lowest BCUT2D eigenvalue weighted by Gasteiger charge is -2.10. The first-order chi connectivity index (χ1) is 13.2. The highest BCUT2D eigenvalue weighted by molar-refractivity contribution is 14.1. The fraction of sp³-hybridized carbons (Fsp3) is 0.211. The third-order valence-electron chi connectivity index (χ3n) is 4.29. The highest BCUT2D eigenvalue weighted by Crippen LogP contribution is 2.27. The van der Waals surface area contributed by atoms with Crippen LogP contribution in [0.3, 0.4) is 0 Å². The molecule has 0 fully saturated rings. The van der Waals surface area contributed by atoms with Gasteiger partial charge in [0.15, 0.2) is 0 Å². The predicted octanol–water partition coefficient (Wildman–Crippen LogP) is 5.07. The van der Waals surface area contributed by atoms with Gasteiger partial charge in [0, 0.05) is 28.1 Å². The molecule has 0 aliphatic rings. The van der Waals surface area contributed by atoms with Crippen molar-refractivity contribution in [3.8, 4) is 11.4 Å². The van der Waals surface area contributed by atoms with Gasteiger partial charge in [0.25, 0.3) is 0 Å². The highest BCUT2D eigenvalue weighted by Gasteiger charge is 2.14. The summed E-state index contributed by atoms with van der Waals surface area (Å²) in [6.07, 6.45) is 7.64. The molecule has 0 N–H and O–H groups in total. The lowest BCUT2D eigenvalue weighted by Crippen LogP contribution is -2.03. The molecule has 0 radical (unpaired) electrons. The molecule has 3 heterocycles. The summed E-state index contributed by atoms with van der Waals surface area (Å²) in [5, 5.41) is 0. The second-order valence-electron chi connectivity index (χ2n) is 6.19. The summed E-state index contributed by atoms with van der Waals surface area (Å²) in [6, 6.07) is 8.21. The van der Waals surface area contributed by atoms with Crippen molar-refractivity contribution < 1.29 is 4.39 Å². The van der Waals surface area contributed by atoms with Crippen molar-refractivity contribution in [3.63, 3.8) is 0 Å². The Morgan fingerprint density at radius 3 is 2.78 bits per heavy atom. The Labute approximate surface area is 177 Å². The zero-order valence-corrected chi connectivity index (χ0v) is 18.1. The monoisotopic (exact) mass is 539 g/mol. The molecule has 0 saturated heterocycles. The quantitative estimate of drug-likeness (QED) is 0.321. The van der Waals surface area contributed by atoms with E-state index in [0.29, 0.717) is 19.5 Å². The molecule has 4 aromatic rings. The molecule has 8 heteroatoms. The van der Waals surface area contributed by atoms with E-state index in [-0.39, 0.29) is 6.67 Å². The van der Waals surface area contributed by atoms with Crippen LogP contribution in [0.2, 0.25) is 0 Å². The Morgan fingerprint density at radius 2 is 2.00 bits per heavy atom. The number of aromatic nitrogens is 5. The maximum atomic E-state index is 12.9. The number of rotatable bonds is 6. The third kappa shape index (κ3) is 3.91. The van der Waals surface area contributed by atoms with Crippen LogP contribution >= 0.6 is 38.5 Å². The number of aryl methyl sites for hydroxylation is 1. The minimum Gasteiger partial charge on any atom is -0.324 e. The van der Waals surface area contributed by atoms with E-state index in [1.807, 2.05) is 29.1 Å². The zero-order chi connectivity index (χ0) is 18.8. The van der Waals surface area contributed by atoms with Gasteiger partial charge >= 0.3 is 0 Å². The van der Waals surface area contributed by atoms with Gasteiger partial charge in [0.05, 0.1) is 36.8 Å². The minimum atomic E-state index is -0.351. The van der Waals surface area contributed by atoms with Crippen LogP contribution in [0, 0.1) is 3.57 Å². The average molecular weight is 540 g/mol. The average Bonchev–Trinajstić information content (AvgIpc) is 3.23. The Bertz CT molecular complexity index is 1090. The van der Waals surface area contributed by atoms with Gasteiger partial charge < -0.3 is 9.13 Å². The van der Waals surface area contributed by atoms with Crippen molar-refractivity contribution in [1.82, 2.24) is 24.1 Å². The summed E-state index contributed by atoms with van der Waals surface area (Å²) in [4.78, 5) is 13.3. The molecule has 0 amide bonds. The molecule has 4 rings (SSSR count). The summed E-state index contributed by atoms with van der Waals surface area (Å²) < 4.78 is 19.0. The molecule has 0 spiro atoms. The van der Waals surface area contributed by atoms with Gasteiger partial charge in [-0.25, -0.2) is 9.97 Å². The van der Waals surface area contributed by atoms with Gasteiger partial charge in [-0.2, -0.15) is 0 Å². The number of pyridine rings is 1. The van der Waals surface area contributed by atoms with Crippen LogP contribution in [0.1, 0.15) is 12.0 Å². The molecule has 0 atom stereocenters. The number of halogens is 3. The van der Waals surface area contributed by atoms with Crippen molar-refractivity contribution in [2.75, 3.05) is 6.67 Å². The normalized spacial score (nSPS) is 11.4. The largest absolute Gasteiger partial charge is 0.324 e. The fourth-order valence-electron chi connectivity index (χ4n) is 3.07. The first-order valence-corrected chi connectivity index (χ1v) is 10.3. The van der Waals surface area contributed by atoms with E-state index in [1.165, 1.54) is 0 Å². The van der Waals surface area contributed by atoms with E-state index in [2.05, 4.69) is 65.2 Å². The number of hydrogen-bond donors (Lipinski definition) is 0. The molecule has 0 unspecified atom stereocenters. The molecule has 5 nitrogen and oxygen atoms in total. The van der Waals surface area contributed by atoms with E-state index in [1.54, 1.807) is 12.5 Å². The Morgan fingerprint density at radius 1 is 1.11 bits per heavy atom. The van der Waals surface area contributed by atoms with E-state index in [4.69, 9.17) is 4.98 Å². The first kappa shape index (κ1) is 18.5. The Kier molecular flexibility index (Phi) is 5.53. The van der Waals surface area contributed by atoms with Gasteiger partial charge in [-0.05, 0) is 74.8 Å². The van der Waals surface area contributed by atoms with E-state index < -0.39 is 0 Å². The van der Waals surface area contributed by atoms with Crippen molar-refractivity contribution >= 4 is 49.6 Å². The molecule has 27 heavy (non-hydrogen) atoms. The summed E-state index contributed by atoms with van der Waals surface area (Å²) in [5.41, 5.74) is 3.90. The molecule has 0 saturated carbocycles. The number of fused-ring (bicyclic) bond motifs is 1. The van der Waals surface area contributed by atoms with Crippen molar-refractivity contribution in [3.05, 3.63) is 62.9 Å². The molecule has 3 aromatic heterocycles. The van der Waals surface area contributed by atoms with Crippen molar-refractivity contribution in [1.29, 1.82) is 0 Å². The van der Waals surface area contributed by atoms with Crippen LogP contribution in [-0.4, -0.2) is 30.8 Å². The van der Waals surface area contributed by atoms with Crippen LogP contribution in [0.25, 0.3) is 22.4 Å². The summed E-state index contributed by atoms with van der Waals surface area (Å²) in [5.74, 6) is 0.819. The summed E-state index contributed by atoms with van der Waals surface area (Å²) in [6.45, 7) is 0.889. The molecular formula is C19H16BrFIN5. The smallest absolute Gasteiger partial charge is 0.142 e. The maximum absolute atomic E-state index is 12.9. The Balaban J connectivity index is 1.77. The third-order valence-corrected chi connectivity index (χ3v) is 5.62. The minimum absolute atomic E-state index is 0.351. The molecule has 1 aromatic carbocycles. The molecule has 138 valence electrons. The van der Waals surface area contributed by atoms with Crippen LogP contribution in [0.4, 0.5) is 4.39 Å². The zero-order valence-electron chi connectivity index (χ0n) is 14.3. The van der Waals surface area contributed by atoms with E-state index >= 15 is 0 Å². The lowest BCUT2D eigenvalue weighted by atomic mass is 10.2. The SMILES string of the molecule is FCCCn1c(-c2cncc(Cn3cncc3Br)c2)nc2ccc(I)cc21. The van der Waals surface area contributed by atoms with E-state index in [0.717, 1.165) is 36.2 Å². The first-order valence-electron chi connectivity index (χ1n) is 8.47. The standard InChI is InChI=1S/C19H16BrFIN5/c20-18-10-24-12-26(18)11-13-6-14(9-23-8-13)19-25-16-3-2-15(22)7-17(16)27(19)5-1-4-21/h2-3,6-10,12H,1,4-5,11H2. The highest BCUT2D eigenvalue weighted by atomic mass is 127. The van der Waals surface area contributed by atoms with Gasteiger partial charge in [-0.3, -0.25) is 9.37 Å². The van der Waals surface area contributed by atoms with Gasteiger partial charge in [0.2, 0.25) is 0 Å². The summed E-state index contributed by atoms with van der Waals surface area (Å²) >= 11 is 5.77. The molecule has 0 aliphatic heterocycles. The lowest BCUT2D eigenvalue weighted by molar-refractivity contribution is 0.450. The number of benzene rings is 1. The number of alkyl halides is 1. The van der Waals surface area contributed by atoms with Gasteiger partial charge in [-0.1, -0.05) is 0 Å². The second-order valence-corrected chi connectivity index (χ2v) is 8.25. The topological polar surface area (TPSA) is 48.5 Å². The van der Waals surface area contributed by atoms with Crippen LogP contribution in [0.5, 0.6) is 0 Å². The Hall–Kier alpha value is -1.81. The second kappa shape index (κ2) is 8.05.